The molecule has 0 aliphatic heterocycles. The van der Waals surface area contributed by atoms with E-state index in [1.165, 1.54) is 23.0 Å². The summed E-state index contributed by atoms with van der Waals surface area (Å²) in [6, 6.07) is 8.31. The van der Waals surface area contributed by atoms with Gasteiger partial charge in [0.15, 0.2) is 0 Å². The van der Waals surface area contributed by atoms with Gasteiger partial charge >= 0.3 is 5.97 Å². The van der Waals surface area contributed by atoms with Crippen LogP contribution in [0.1, 0.15) is 15.9 Å². The molecule has 0 saturated carbocycles. The summed E-state index contributed by atoms with van der Waals surface area (Å²) in [5.74, 6) is -0.991. The molecule has 5 heteroatoms. The van der Waals surface area contributed by atoms with Gasteiger partial charge in [-0.2, -0.15) is 10.4 Å². The SMILES string of the molecule is N#Cc1cnn(-c2cccc(C(=O)O)c2)c1. The molecule has 0 saturated heterocycles. The van der Waals surface area contributed by atoms with E-state index in [0.29, 0.717) is 11.3 Å². The maximum atomic E-state index is 10.8. The van der Waals surface area contributed by atoms with Crippen LogP contribution in [-0.2, 0) is 0 Å². The molecule has 16 heavy (non-hydrogen) atoms. The predicted octanol–water partition coefficient (Wildman–Crippen LogP) is 1.44. The Labute approximate surface area is 91.2 Å². The lowest BCUT2D eigenvalue weighted by Gasteiger charge is -2.01. The molecule has 5 nitrogen and oxygen atoms in total. The first-order chi connectivity index (χ1) is 7.70. The normalized spacial score (nSPS) is 9.69. The van der Waals surface area contributed by atoms with Crippen LogP contribution in [-0.4, -0.2) is 20.9 Å². The van der Waals surface area contributed by atoms with Crippen LogP contribution < -0.4 is 0 Å². The Bertz CT molecular complexity index is 581. The van der Waals surface area contributed by atoms with Crippen molar-refractivity contribution in [1.82, 2.24) is 9.78 Å². The van der Waals surface area contributed by atoms with Gasteiger partial charge in [-0.05, 0) is 18.2 Å². The highest BCUT2D eigenvalue weighted by Crippen LogP contribution is 2.10. The molecule has 0 radical (unpaired) electrons. The Hall–Kier alpha value is -2.61. The minimum Gasteiger partial charge on any atom is -0.478 e. The van der Waals surface area contributed by atoms with Gasteiger partial charge in [0, 0.05) is 6.20 Å². The van der Waals surface area contributed by atoms with Crippen molar-refractivity contribution in [2.45, 2.75) is 0 Å². The van der Waals surface area contributed by atoms with Crippen LogP contribution in [0.3, 0.4) is 0 Å². The number of rotatable bonds is 2. The standard InChI is InChI=1S/C11H7N3O2/c12-5-8-6-13-14(7-8)10-3-1-2-9(4-10)11(15)16/h1-4,6-7H,(H,15,16). The minimum atomic E-state index is -0.991. The smallest absolute Gasteiger partial charge is 0.335 e. The molecular formula is C11H7N3O2. The maximum absolute atomic E-state index is 10.8. The van der Waals surface area contributed by atoms with Gasteiger partial charge < -0.3 is 5.11 Å². The predicted molar refractivity (Wildman–Crippen MR) is 55.2 cm³/mol. The average molecular weight is 213 g/mol. The van der Waals surface area contributed by atoms with Gasteiger partial charge in [0.2, 0.25) is 0 Å². The zero-order valence-electron chi connectivity index (χ0n) is 8.16. The van der Waals surface area contributed by atoms with E-state index in [1.807, 2.05) is 6.07 Å². The molecule has 1 heterocycles. The first-order valence-corrected chi connectivity index (χ1v) is 4.49. The van der Waals surface area contributed by atoms with Crippen molar-refractivity contribution in [3.8, 4) is 11.8 Å². The van der Waals surface area contributed by atoms with Crippen molar-refractivity contribution >= 4 is 5.97 Å². The molecule has 0 atom stereocenters. The molecule has 2 rings (SSSR count). The molecule has 0 amide bonds. The summed E-state index contributed by atoms with van der Waals surface area (Å²) >= 11 is 0. The molecule has 2 aromatic rings. The number of hydrogen-bond donors (Lipinski definition) is 1. The van der Waals surface area contributed by atoms with Crippen LogP contribution in [0.4, 0.5) is 0 Å². The molecule has 1 N–H and O–H groups in total. The lowest BCUT2D eigenvalue weighted by atomic mass is 10.2. The van der Waals surface area contributed by atoms with Gasteiger partial charge in [-0.15, -0.1) is 0 Å². The van der Waals surface area contributed by atoms with Gasteiger partial charge in [-0.1, -0.05) is 6.07 Å². The quantitative estimate of drug-likeness (QED) is 0.818. The molecule has 1 aromatic heterocycles. The largest absolute Gasteiger partial charge is 0.478 e. The number of carbonyl (C=O) groups is 1. The van der Waals surface area contributed by atoms with Crippen molar-refractivity contribution in [2.24, 2.45) is 0 Å². The number of aromatic carboxylic acids is 1. The third kappa shape index (κ3) is 1.77. The second-order valence-electron chi connectivity index (χ2n) is 3.14. The van der Waals surface area contributed by atoms with Crippen molar-refractivity contribution in [3.05, 3.63) is 47.8 Å². The molecule has 0 unspecified atom stereocenters. The number of nitrogens with zero attached hydrogens (tertiary/aromatic N) is 3. The van der Waals surface area contributed by atoms with Crippen molar-refractivity contribution in [3.63, 3.8) is 0 Å². The number of carboxylic acid groups (broad SMARTS) is 1. The molecule has 0 bridgehead atoms. The number of benzene rings is 1. The van der Waals surface area contributed by atoms with Crippen molar-refractivity contribution < 1.29 is 9.90 Å². The van der Waals surface area contributed by atoms with E-state index in [-0.39, 0.29) is 5.56 Å². The minimum absolute atomic E-state index is 0.187. The lowest BCUT2D eigenvalue weighted by Crippen LogP contribution is -1.99. The van der Waals surface area contributed by atoms with Crippen LogP contribution in [0.15, 0.2) is 36.7 Å². The Morgan fingerprint density at radius 2 is 2.31 bits per heavy atom. The van der Waals surface area contributed by atoms with Crippen LogP contribution in [0.5, 0.6) is 0 Å². The Balaban J connectivity index is 2.44. The van der Waals surface area contributed by atoms with E-state index < -0.39 is 5.97 Å². The fraction of sp³-hybridized carbons (Fsp3) is 0. The van der Waals surface area contributed by atoms with Gasteiger partial charge in [-0.3, -0.25) is 0 Å². The van der Waals surface area contributed by atoms with Crippen LogP contribution in [0.25, 0.3) is 5.69 Å². The zero-order chi connectivity index (χ0) is 11.5. The fourth-order valence-corrected chi connectivity index (χ4v) is 1.30. The molecule has 0 fully saturated rings. The maximum Gasteiger partial charge on any atom is 0.335 e. The van der Waals surface area contributed by atoms with Gasteiger partial charge in [0.1, 0.15) is 6.07 Å². The summed E-state index contributed by atoms with van der Waals surface area (Å²) < 4.78 is 1.46. The van der Waals surface area contributed by atoms with Gasteiger partial charge in [0.05, 0.1) is 23.0 Å². The van der Waals surface area contributed by atoms with Crippen molar-refractivity contribution in [2.75, 3.05) is 0 Å². The summed E-state index contributed by atoms with van der Waals surface area (Å²) in [5, 5.41) is 21.4. The monoisotopic (exact) mass is 213 g/mol. The number of carboxylic acids is 1. The average Bonchev–Trinajstić information content (AvgIpc) is 2.77. The summed E-state index contributed by atoms with van der Waals surface area (Å²) in [4.78, 5) is 10.8. The molecular weight excluding hydrogens is 206 g/mol. The first-order valence-electron chi connectivity index (χ1n) is 4.49. The number of aromatic nitrogens is 2. The third-order valence-electron chi connectivity index (χ3n) is 2.07. The van der Waals surface area contributed by atoms with E-state index in [2.05, 4.69) is 5.10 Å². The van der Waals surface area contributed by atoms with Crippen LogP contribution in [0, 0.1) is 11.3 Å². The Morgan fingerprint density at radius 1 is 1.50 bits per heavy atom. The van der Waals surface area contributed by atoms with Gasteiger partial charge in [0.25, 0.3) is 0 Å². The summed E-state index contributed by atoms with van der Waals surface area (Å²) in [6.45, 7) is 0. The Kier molecular flexibility index (Phi) is 2.40. The fourth-order valence-electron chi connectivity index (χ4n) is 1.30. The summed E-state index contributed by atoms with van der Waals surface area (Å²) in [7, 11) is 0. The Morgan fingerprint density at radius 3 is 2.94 bits per heavy atom. The van der Waals surface area contributed by atoms with E-state index in [0.717, 1.165) is 0 Å². The summed E-state index contributed by atoms with van der Waals surface area (Å²) in [6.07, 6.45) is 2.97. The van der Waals surface area contributed by atoms with Crippen LogP contribution in [0.2, 0.25) is 0 Å². The second-order valence-corrected chi connectivity index (χ2v) is 3.14. The second kappa shape index (κ2) is 3.87. The number of nitriles is 1. The zero-order valence-corrected chi connectivity index (χ0v) is 8.16. The van der Waals surface area contributed by atoms with Crippen LogP contribution >= 0.6 is 0 Å². The van der Waals surface area contributed by atoms with E-state index in [9.17, 15) is 4.79 Å². The van der Waals surface area contributed by atoms with E-state index >= 15 is 0 Å². The lowest BCUT2D eigenvalue weighted by molar-refractivity contribution is 0.0697. The summed E-state index contributed by atoms with van der Waals surface area (Å²) in [5.41, 5.74) is 1.23. The molecule has 1 aromatic carbocycles. The molecule has 0 aliphatic rings. The highest BCUT2D eigenvalue weighted by Gasteiger charge is 2.05. The highest BCUT2D eigenvalue weighted by atomic mass is 16.4. The van der Waals surface area contributed by atoms with Crippen molar-refractivity contribution in [1.29, 1.82) is 5.26 Å². The third-order valence-corrected chi connectivity index (χ3v) is 2.07. The van der Waals surface area contributed by atoms with E-state index in [4.69, 9.17) is 10.4 Å². The van der Waals surface area contributed by atoms with Gasteiger partial charge in [-0.25, -0.2) is 9.48 Å². The molecule has 0 aliphatic carbocycles. The van der Waals surface area contributed by atoms with E-state index in [1.54, 1.807) is 18.3 Å². The number of hydrogen-bond acceptors (Lipinski definition) is 3. The molecule has 0 spiro atoms. The first kappa shape index (κ1) is 9.93. The highest BCUT2D eigenvalue weighted by molar-refractivity contribution is 5.88. The molecule has 78 valence electrons. The topological polar surface area (TPSA) is 78.9 Å².